The van der Waals surface area contributed by atoms with Crippen molar-refractivity contribution in [3.63, 3.8) is 0 Å². The molecule has 6 aromatic carbocycles. The van der Waals surface area contributed by atoms with E-state index in [0.29, 0.717) is 23.7 Å². The lowest BCUT2D eigenvalue weighted by atomic mass is 9.85. The molecule has 264 valence electrons. The van der Waals surface area contributed by atoms with Crippen molar-refractivity contribution >= 4 is 32.9 Å². The molecule has 0 saturated carbocycles. The van der Waals surface area contributed by atoms with Gasteiger partial charge in [0, 0.05) is 23.5 Å². The predicted octanol–water partition coefficient (Wildman–Crippen LogP) is 14.4. The molecule has 6 aromatic rings. The summed E-state index contributed by atoms with van der Waals surface area (Å²) in [5, 5.41) is 13.3. The van der Waals surface area contributed by atoms with Gasteiger partial charge in [0.15, 0.2) is 0 Å². The molecule has 6 rings (SSSR count). The first-order chi connectivity index (χ1) is 24.4. The molecule has 2 nitrogen and oxygen atoms in total. The molecule has 0 amide bonds. The van der Waals surface area contributed by atoms with E-state index in [4.69, 9.17) is 0 Å². The van der Waals surface area contributed by atoms with Crippen LogP contribution in [0.15, 0.2) is 109 Å². The van der Waals surface area contributed by atoms with Crippen LogP contribution in [-0.4, -0.2) is 0 Å². The van der Waals surface area contributed by atoms with Crippen LogP contribution >= 0.6 is 0 Å². The number of rotatable bonds is 12. The van der Waals surface area contributed by atoms with Crippen molar-refractivity contribution in [3.8, 4) is 0 Å². The highest BCUT2D eigenvalue weighted by atomic mass is 14.9. The van der Waals surface area contributed by atoms with Gasteiger partial charge < -0.3 is 10.6 Å². The third kappa shape index (κ3) is 7.71. The van der Waals surface area contributed by atoms with Gasteiger partial charge >= 0.3 is 0 Å². The lowest BCUT2D eigenvalue weighted by molar-refractivity contribution is 0.805. The fraction of sp³-hybridized carbons (Fsp3) is 0.347. The monoisotopic (exact) mass is 674 g/mol. The molecule has 0 aromatic heterocycles. The van der Waals surface area contributed by atoms with E-state index in [1.165, 1.54) is 77.4 Å². The summed E-state index contributed by atoms with van der Waals surface area (Å²) < 4.78 is 0. The minimum atomic E-state index is 0.176. The van der Waals surface area contributed by atoms with Gasteiger partial charge in [-0.25, -0.2) is 0 Å². The Balaban J connectivity index is 1.36. The normalized spacial score (nSPS) is 13.1. The van der Waals surface area contributed by atoms with Crippen molar-refractivity contribution in [1.29, 1.82) is 0 Å². The van der Waals surface area contributed by atoms with Gasteiger partial charge in [0.1, 0.15) is 0 Å². The van der Waals surface area contributed by atoms with Gasteiger partial charge in [0.05, 0.1) is 0 Å². The quantitative estimate of drug-likeness (QED) is 0.135. The summed E-state index contributed by atoms with van der Waals surface area (Å²) in [5.74, 6) is 1.57. The summed E-state index contributed by atoms with van der Waals surface area (Å²) in [6, 6.07) is 41.1. The second kappa shape index (κ2) is 15.4. The summed E-state index contributed by atoms with van der Waals surface area (Å²) in [4.78, 5) is 0. The first-order valence-electron chi connectivity index (χ1n) is 19.2. The van der Waals surface area contributed by atoms with Crippen molar-refractivity contribution in [3.05, 3.63) is 154 Å². The zero-order valence-corrected chi connectivity index (χ0v) is 32.6. The molecule has 2 N–H and O–H groups in total. The highest BCUT2D eigenvalue weighted by Gasteiger charge is 2.22. The molecule has 0 saturated heterocycles. The topological polar surface area (TPSA) is 24.1 Å². The zero-order valence-electron chi connectivity index (χ0n) is 32.6. The van der Waals surface area contributed by atoms with Gasteiger partial charge in [0.2, 0.25) is 0 Å². The van der Waals surface area contributed by atoms with Crippen LogP contribution in [0, 0.1) is 0 Å². The number of hydrogen-bond acceptors (Lipinski definition) is 2. The third-order valence-corrected chi connectivity index (χ3v) is 10.7. The van der Waals surface area contributed by atoms with Gasteiger partial charge in [-0.3, -0.25) is 0 Å². The smallest absolute Gasteiger partial charge is 0.0491 e. The predicted molar refractivity (Wildman–Crippen MR) is 224 cm³/mol. The van der Waals surface area contributed by atoms with E-state index in [-0.39, 0.29) is 12.1 Å². The molecule has 2 atom stereocenters. The first kappa shape index (κ1) is 36.2. The Morgan fingerprint density at radius 3 is 1.02 bits per heavy atom. The van der Waals surface area contributed by atoms with Crippen molar-refractivity contribution in [1.82, 2.24) is 0 Å². The standard InChI is InChI=1S/C49H58N2/c1-30(2)44-26-36(27-45(31(3)4)48(44)50-34(9)40-23-15-19-38-17-11-13-21-42(38)40)25-37-28-46(32(5)6)49(47(29-37)33(7)8)51-35(10)41-24-16-20-39-18-12-14-22-43(39)41/h11-24,26-35,50-51H,25H2,1-10H3. The zero-order chi connectivity index (χ0) is 36.4. The molecule has 0 heterocycles. The summed E-state index contributed by atoms with van der Waals surface area (Å²) in [6.07, 6.45) is 0.914. The minimum absolute atomic E-state index is 0.176. The van der Waals surface area contributed by atoms with Crippen molar-refractivity contribution in [2.75, 3.05) is 10.6 Å². The Bertz CT molecular complexity index is 1910. The molecule has 0 bridgehead atoms. The summed E-state index contributed by atoms with van der Waals surface area (Å²) in [6.45, 7) is 23.3. The van der Waals surface area contributed by atoms with E-state index in [1.54, 1.807) is 0 Å². The highest BCUT2D eigenvalue weighted by Crippen LogP contribution is 2.40. The van der Waals surface area contributed by atoms with Crippen LogP contribution in [0.3, 0.4) is 0 Å². The molecule has 0 aliphatic rings. The van der Waals surface area contributed by atoms with E-state index < -0.39 is 0 Å². The van der Waals surface area contributed by atoms with Crippen molar-refractivity contribution < 1.29 is 0 Å². The van der Waals surface area contributed by atoms with Crippen LogP contribution in [0.5, 0.6) is 0 Å². The molecule has 51 heavy (non-hydrogen) atoms. The van der Waals surface area contributed by atoms with Gasteiger partial charge in [-0.1, -0.05) is 165 Å². The molecule has 2 unspecified atom stereocenters. The first-order valence-corrected chi connectivity index (χ1v) is 19.2. The maximum absolute atomic E-state index is 4.03. The SMILES string of the molecule is CC(C)c1cc(Cc2cc(C(C)C)c(NC(C)c3cccc4ccccc34)c(C(C)C)c2)cc(C(C)C)c1NC(C)c1cccc2ccccc12. The summed E-state index contributed by atoms with van der Waals surface area (Å²) >= 11 is 0. The second-order valence-corrected chi connectivity index (χ2v) is 16.0. The van der Waals surface area contributed by atoms with Gasteiger partial charge in [-0.15, -0.1) is 0 Å². The fourth-order valence-corrected chi connectivity index (χ4v) is 7.94. The minimum Gasteiger partial charge on any atom is -0.378 e. The number of fused-ring (bicyclic) bond motifs is 2. The summed E-state index contributed by atoms with van der Waals surface area (Å²) in [7, 11) is 0. The summed E-state index contributed by atoms with van der Waals surface area (Å²) in [5.41, 5.74) is 13.7. The lowest BCUT2D eigenvalue weighted by Gasteiger charge is -2.28. The molecule has 0 spiro atoms. The Kier molecular flexibility index (Phi) is 10.9. The maximum Gasteiger partial charge on any atom is 0.0491 e. The maximum atomic E-state index is 4.03. The van der Waals surface area contributed by atoms with Crippen LogP contribution in [0.1, 0.15) is 150 Å². The van der Waals surface area contributed by atoms with Crippen LogP contribution in [0.25, 0.3) is 21.5 Å². The van der Waals surface area contributed by atoms with Crippen molar-refractivity contribution in [2.45, 2.75) is 111 Å². The van der Waals surface area contributed by atoms with E-state index in [1.807, 2.05) is 0 Å². The third-order valence-electron chi connectivity index (χ3n) is 10.7. The van der Waals surface area contributed by atoms with E-state index in [9.17, 15) is 0 Å². The van der Waals surface area contributed by atoms with E-state index >= 15 is 0 Å². The van der Waals surface area contributed by atoms with Gasteiger partial charge in [-0.05, 0) is 110 Å². The van der Waals surface area contributed by atoms with E-state index in [0.717, 1.165) is 6.42 Å². The molecule has 0 aliphatic heterocycles. The molecular formula is C49H58N2. The number of anilines is 2. The number of benzene rings is 6. The Hall–Kier alpha value is -4.56. The average molecular weight is 675 g/mol. The Morgan fingerprint density at radius 1 is 0.373 bits per heavy atom. The van der Waals surface area contributed by atoms with Gasteiger partial charge in [0.25, 0.3) is 0 Å². The Morgan fingerprint density at radius 2 is 0.686 bits per heavy atom. The lowest BCUT2D eigenvalue weighted by Crippen LogP contribution is -2.14. The number of hydrogen-bond donors (Lipinski definition) is 2. The van der Waals surface area contributed by atoms with Crippen molar-refractivity contribution in [2.24, 2.45) is 0 Å². The van der Waals surface area contributed by atoms with E-state index in [2.05, 4.69) is 189 Å². The molecular weight excluding hydrogens is 617 g/mol. The number of nitrogens with one attached hydrogen (secondary N) is 2. The fourth-order valence-electron chi connectivity index (χ4n) is 7.94. The van der Waals surface area contributed by atoms with Crippen LogP contribution < -0.4 is 10.6 Å². The largest absolute Gasteiger partial charge is 0.378 e. The van der Waals surface area contributed by atoms with Crippen LogP contribution in [-0.2, 0) is 6.42 Å². The molecule has 0 fully saturated rings. The molecule has 0 aliphatic carbocycles. The molecule has 0 radical (unpaired) electrons. The van der Waals surface area contributed by atoms with Crippen LogP contribution in [0.2, 0.25) is 0 Å². The van der Waals surface area contributed by atoms with Crippen LogP contribution in [0.4, 0.5) is 11.4 Å². The second-order valence-electron chi connectivity index (χ2n) is 16.0. The Labute approximate surface area is 307 Å². The molecule has 2 heteroatoms. The van der Waals surface area contributed by atoms with Gasteiger partial charge in [-0.2, -0.15) is 0 Å². The average Bonchev–Trinajstić information content (AvgIpc) is 3.11. The highest BCUT2D eigenvalue weighted by molar-refractivity contribution is 5.87.